The fourth-order valence-corrected chi connectivity index (χ4v) is 10.5. The number of carbonyl (C=O) groups excluding carboxylic acids is 3. The van der Waals surface area contributed by atoms with E-state index in [4.69, 9.17) is 24.2 Å². The van der Waals surface area contributed by atoms with Crippen molar-refractivity contribution in [1.29, 1.82) is 0 Å². The number of carboxylic acids is 1. The Hall–Kier alpha value is -5.79. The molecule has 1 saturated heterocycles. The summed E-state index contributed by atoms with van der Waals surface area (Å²) in [4.78, 5) is 67.2. The molecular weight excluding hydrogens is 899 g/mol. The van der Waals surface area contributed by atoms with Gasteiger partial charge in [-0.25, -0.2) is 28.0 Å². The molecule has 4 heterocycles. The first kappa shape index (κ1) is 49.1. The van der Waals surface area contributed by atoms with Crippen molar-refractivity contribution in [3.63, 3.8) is 0 Å². The number of nitrogens with zero attached hydrogens (tertiary/aromatic N) is 4. The average molecular weight is 960 g/mol. The number of alkyl carbamates (subject to hydrolysis) is 1. The minimum absolute atomic E-state index is 0.00767. The van der Waals surface area contributed by atoms with E-state index in [1.807, 2.05) is 58.2 Å². The van der Waals surface area contributed by atoms with Gasteiger partial charge >= 0.3 is 12.1 Å². The second-order valence-corrected chi connectivity index (χ2v) is 21.8. The van der Waals surface area contributed by atoms with Gasteiger partial charge in [-0.05, 0) is 63.8 Å². The Morgan fingerprint density at radius 1 is 1.06 bits per heavy atom. The maximum absolute atomic E-state index is 15.0. The molecule has 1 aliphatic carbocycles. The number of carbonyl (C=O) groups is 4. The number of fused-ring (bicyclic) bond motifs is 3. The van der Waals surface area contributed by atoms with Gasteiger partial charge in [0.15, 0.2) is 5.13 Å². The fraction of sp³-hybridized carbons (Fsp3) is 0.500. The summed E-state index contributed by atoms with van der Waals surface area (Å²) in [6, 6.07) is 13.0. The number of carboxylic acid groups (broad SMARTS) is 1. The number of amides is 3. The lowest BCUT2D eigenvalue weighted by Gasteiger charge is -2.34. The smallest absolute Gasteiger partial charge is 0.408 e. The lowest BCUT2D eigenvalue weighted by atomic mass is 9.89. The summed E-state index contributed by atoms with van der Waals surface area (Å²) < 4.78 is 46.4. The zero-order valence-electron chi connectivity index (χ0n) is 39.0. The number of benzene rings is 2. The van der Waals surface area contributed by atoms with Crippen LogP contribution in [0.2, 0.25) is 0 Å². The molecule has 3 amide bonds. The molecule has 0 spiro atoms. The SMILES string of the molecule is COc1ccc2c(O[C@@H]3C[C@H]4C(=O)N[C@]5(C(=O)O)CC5/C=C\CCCCC[C@H](NC(=O)O[C@H](CN(C)S(=O)(=O)c5ccccc5)C(C)(C)C)C(=O)N4C3)cc(-c3csc(NC(C)C)n3)nc2c1. The van der Waals surface area contributed by atoms with Crippen LogP contribution in [0.1, 0.15) is 79.6 Å². The van der Waals surface area contributed by atoms with Gasteiger partial charge in [0.25, 0.3) is 0 Å². The van der Waals surface area contributed by atoms with Crippen LogP contribution in [0.5, 0.6) is 11.5 Å². The third-order valence-electron chi connectivity index (χ3n) is 12.5. The molecule has 1 unspecified atom stereocenters. The van der Waals surface area contributed by atoms with Gasteiger partial charge in [-0.3, -0.25) is 9.59 Å². The number of anilines is 1. The number of pyridine rings is 1. The highest BCUT2D eigenvalue weighted by Gasteiger charge is 2.61. The molecule has 7 rings (SSSR count). The molecule has 360 valence electrons. The van der Waals surface area contributed by atoms with Crippen molar-refractivity contribution >= 4 is 61.3 Å². The normalized spacial score (nSPS) is 23.6. The first-order valence-corrected chi connectivity index (χ1v) is 25.0. The van der Waals surface area contributed by atoms with E-state index in [1.165, 1.54) is 35.4 Å². The molecule has 1 saturated carbocycles. The van der Waals surface area contributed by atoms with Gasteiger partial charge in [0.05, 0.1) is 36.3 Å². The van der Waals surface area contributed by atoms with E-state index >= 15 is 0 Å². The van der Waals surface area contributed by atoms with Crippen LogP contribution in [0.15, 0.2) is 77.0 Å². The quantitative estimate of drug-likeness (QED) is 0.101. The van der Waals surface area contributed by atoms with Gasteiger partial charge in [-0.15, -0.1) is 11.3 Å². The number of allylic oxidation sites excluding steroid dienone is 1. The zero-order valence-corrected chi connectivity index (χ0v) is 40.6. The Kier molecular flexibility index (Phi) is 14.8. The van der Waals surface area contributed by atoms with Gasteiger partial charge in [0.2, 0.25) is 21.8 Å². The van der Waals surface area contributed by atoms with Crippen LogP contribution in [0.25, 0.3) is 22.3 Å². The summed E-state index contributed by atoms with van der Waals surface area (Å²) in [6.45, 7) is 9.26. The molecule has 2 aromatic heterocycles. The number of thiazole rings is 1. The molecule has 4 aromatic rings. The predicted octanol–water partition coefficient (Wildman–Crippen LogP) is 6.85. The molecule has 0 radical (unpaired) electrons. The number of nitrogens with one attached hydrogen (secondary N) is 3. The largest absolute Gasteiger partial charge is 0.497 e. The summed E-state index contributed by atoms with van der Waals surface area (Å²) in [5.74, 6) is -1.80. The molecule has 17 nitrogen and oxygen atoms in total. The van der Waals surface area contributed by atoms with Crippen molar-refractivity contribution in [3.8, 4) is 22.9 Å². The molecule has 6 atom stereocenters. The molecule has 2 aliphatic heterocycles. The second-order valence-electron chi connectivity index (χ2n) is 18.9. The summed E-state index contributed by atoms with van der Waals surface area (Å²) in [5, 5.41) is 22.6. The van der Waals surface area contributed by atoms with Crippen LogP contribution < -0.4 is 25.4 Å². The molecule has 2 aromatic carbocycles. The third kappa shape index (κ3) is 11.3. The van der Waals surface area contributed by atoms with E-state index in [0.717, 1.165) is 15.9 Å². The van der Waals surface area contributed by atoms with E-state index in [9.17, 15) is 32.7 Å². The van der Waals surface area contributed by atoms with Gasteiger partial charge in [0.1, 0.15) is 47.0 Å². The number of aromatic nitrogens is 2. The maximum atomic E-state index is 15.0. The first-order valence-electron chi connectivity index (χ1n) is 22.7. The Morgan fingerprint density at radius 3 is 2.52 bits per heavy atom. The highest BCUT2D eigenvalue weighted by molar-refractivity contribution is 7.89. The van der Waals surface area contributed by atoms with Crippen molar-refractivity contribution in [3.05, 3.63) is 72.1 Å². The van der Waals surface area contributed by atoms with Crippen molar-refractivity contribution in [2.24, 2.45) is 11.3 Å². The first-order chi connectivity index (χ1) is 31.8. The van der Waals surface area contributed by atoms with Crippen LogP contribution >= 0.6 is 11.3 Å². The number of ether oxygens (including phenoxy) is 3. The number of hydrogen-bond donors (Lipinski definition) is 4. The van der Waals surface area contributed by atoms with E-state index in [-0.39, 0.29) is 43.3 Å². The van der Waals surface area contributed by atoms with Crippen LogP contribution in [-0.2, 0) is 29.1 Å². The monoisotopic (exact) mass is 959 g/mol. The molecule has 2 fully saturated rings. The van der Waals surface area contributed by atoms with Gasteiger partial charge in [-0.2, -0.15) is 4.31 Å². The highest BCUT2D eigenvalue weighted by Crippen LogP contribution is 2.46. The van der Waals surface area contributed by atoms with Crippen LogP contribution in [0.4, 0.5) is 9.93 Å². The van der Waals surface area contributed by atoms with Crippen molar-refractivity contribution < 1.29 is 46.9 Å². The topological polar surface area (TPSA) is 219 Å². The van der Waals surface area contributed by atoms with E-state index < -0.39 is 75.1 Å². The van der Waals surface area contributed by atoms with E-state index in [1.54, 1.807) is 43.5 Å². The summed E-state index contributed by atoms with van der Waals surface area (Å²) >= 11 is 1.44. The number of likely N-dealkylation sites (N-methyl/N-ethyl adjacent to an activating group) is 1. The number of methoxy groups -OCH3 is 1. The Labute approximate surface area is 395 Å². The predicted molar refractivity (Wildman–Crippen MR) is 254 cm³/mol. The third-order valence-corrected chi connectivity index (χ3v) is 15.1. The summed E-state index contributed by atoms with van der Waals surface area (Å²) in [7, 11) is -0.950. The maximum Gasteiger partial charge on any atom is 0.408 e. The van der Waals surface area contributed by atoms with Crippen molar-refractivity contribution in [1.82, 2.24) is 29.8 Å². The lowest BCUT2D eigenvalue weighted by molar-refractivity contribution is -0.145. The van der Waals surface area contributed by atoms with Crippen molar-refractivity contribution in [2.75, 3.05) is 32.6 Å². The van der Waals surface area contributed by atoms with E-state index in [0.29, 0.717) is 53.1 Å². The van der Waals surface area contributed by atoms with Crippen LogP contribution in [0.3, 0.4) is 0 Å². The summed E-state index contributed by atoms with van der Waals surface area (Å²) in [5.41, 5.74) is -0.548. The summed E-state index contributed by atoms with van der Waals surface area (Å²) in [6.07, 6.45) is 4.24. The van der Waals surface area contributed by atoms with Gasteiger partial charge in [0, 0.05) is 53.7 Å². The fourth-order valence-electron chi connectivity index (χ4n) is 8.46. The van der Waals surface area contributed by atoms with E-state index in [2.05, 4.69) is 16.0 Å². The zero-order chi connectivity index (χ0) is 48.3. The standard InChI is InChI=1S/C48H61N7O10S2/c1-29(2)49-45-51-38(28-66-45)37-24-40(34-21-20-31(63-7)22-36(34)50-37)64-32-23-39-42(56)53-48(44(58)59)25-30(48)16-12-9-8-10-15-19-35(43(57)55(39)26-32)52-46(60)65-41(47(3,4)5)27-54(6)67(61,62)33-17-13-11-14-18-33/h11-14,16-18,20-22,24,28-30,32,35,39,41H,8-10,15,19,23,25-27H2,1-7H3,(H,49,51)(H,52,60)(H,53,56)(H,58,59)/b16-12-/t30?,32-,35+,39+,41-,48-/m1/s1. The highest BCUT2D eigenvalue weighted by atomic mass is 32.2. The Morgan fingerprint density at radius 2 is 1.82 bits per heavy atom. The molecular formula is C48H61N7O10S2. The average Bonchev–Trinajstić information content (AvgIpc) is 3.54. The number of hydrogen-bond acceptors (Lipinski definition) is 13. The molecule has 3 aliphatic rings. The van der Waals surface area contributed by atoms with Crippen molar-refractivity contribution in [2.45, 2.75) is 120 Å². The minimum Gasteiger partial charge on any atom is -0.497 e. The van der Waals surface area contributed by atoms with Crippen LogP contribution in [0, 0.1) is 11.3 Å². The Bertz CT molecular complexity index is 2600. The lowest BCUT2D eigenvalue weighted by Crippen LogP contribution is -2.56. The number of aliphatic carboxylic acids is 1. The minimum atomic E-state index is -3.93. The number of rotatable bonds is 13. The molecule has 4 N–H and O–H groups in total. The number of sulfonamides is 1. The Balaban J connectivity index is 1.18. The molecule has 0 bridgehead atoms. The van der Waals surface area contributed by atoms with Gasteiger partial charge < -0.3 is 40.2 Å². The van der Waals surface area contributed by atoms with Crippen LogP contribution in [-0.4, -0.2) is 120 Å². The molecule has 19 heteroatoms. The second kappa shape index (κ2) is 20.2. The van der Waals surface area contributed by atoms with Gasteiger partial charge in [-0.1, -0.05) is 64.0 Å². The molecule has 67 heavy (non-hydrogen) atoms.